The van der Waals surface area contributed by atoms with Crippen molar-refractivity contribution in [1.82, 2.24) is 7.99 Å². The molecule has 126 valence electrons. The number of aromatic nitrogens is 2. The van der Waals surface area contributed by atoms with E-state index in [-0.39, 0.29) is 24.9 Å². The van der Waals surface area contributed by atoms with Crippen LogP contribution in [0.15, 0.2) is 54.9 Å². The fraction of sp³-hybridized carbons (Fsp3) is 0.111. The molecule has 1 amide bonds. The van der Waals surface area contributed by atoms with Crippen LogP contribution in [0, 0.1) is 5.82 Å². The Morgan fingerprint density at radius 3 is 2.80 bits per heavy atom. The molecule has 0 saturated carbocycles. The van der Waals surface area contributed by atoms with Crippen LogP contribution in [0.1, 0.15) is 5.56 Å². The average Bonchev–Trinajstić information content (AvgIpc) is 3.05. The summed E-state index contributed by atoms with van der Waals surface area (Å²) in [5.74, 6) is 0.0948. The van der Waals surface area contributed by atoms with Crippen molar-refractivity contribution in [3.8, 4) is 16.9 Å². The third kappa shape index (κ3) is 3.11. The first-order valence-corrected chi connectivity index (χ1v) is 8.60. The van der Waals surface area contributed by atoms with E-state index in [1.165, 1.54) is 6.07 Å². The maximum Gasteiger partial charge on any atom is 0.265 e. The first-order chi connectivity index (χ1) is 12.1. The molecule has 1 aliphatic heterocycles. The Balaban J connectivity index is 1.64. The van der Waals surface area contributed by atoms with Gasteiger partial charge in [-0.25, -0.2) is 7.29 Å². The molecule has 1 aromatic heterocycles. The minimum atomic E-state index is -0.351. The summed E-state index contributed by atoms with van der Waals surface area (Å²) in [5, 5.41) is 4.09. The van der Waals surface area contributed by atoms with Gasteiger partial charge in [0, 0.05) is 17.3 Å². The molecule has 1 aliphatic rings. The van der Waals surface area contributed by atoms with E-state index in [1.54, 1.807) is 32.2 Å². The predicted molar refractivity (Wildman–Crippen MR) is 100 cm³/mol. The predicted octanol–water partition coefficient (Wildman–Crippen LogP) is 3.81. The van der Waals surface area contributed by atoms with Gasteiger partial charge >= 0.3 is 0 Å². The van der Waals surface area contributed by atoms with Crippen molar-refractivity contribution in [2.24, 2.45) is 0 Å². The fourth-order valence-corrected chi connectivity index (χ4v) is 3.23. The minimum absolute atomic E-state index is 0.0362. The number of ether oxygens (including phenoxy) is 1. The van der Waals surface area contributed by atoms with Crippen LogP contribution in [0.3, 0.4) is 0 Å². The molecule has 0 bridgehead atoms. The van der Waals surface area contributed by atoms with E-state index in [9.17, 15) is 9.18 Å². The third-order valence-electron chi connectivity index (χ3n) is 4.08. The van der Waals surface area contributed by atoms with E-state index in [4.69, 9.17) is 4.74 Å². The maximum absolute atomic E-state index is 14.6. The molecule has 0 saturated heterocycles. The second-order valence-corrected chi connectivity index (χ2v) is 6.65. The van der Waals surface area contributed by atoms with Crippen LogP contribution in [0.5, 0.6) is 5.75 Å². The van der Waals surface area contributed by atoms with Crippen LogP contribution < -0.4 is 9.64 Å². The summed E-state index contributed by atoms with van der Waals surface area (Å²) in [6, 6.07) is 12.3. The monoisotopic (exact) mass is 449 g/mol. The van der Waals surface area contributed by atoms with Crippen molar-refractivity contribution in [2.45, 2.75) is 6.54 Å². The van der Waals surface area contributed by atoms with Gasteiger partial charge in [0.25, 0.3) is 5.91 Å². The number of rotatable bonds is 3. The van der Waals surface area contributed by atoms with Crippen molar-refractivity contribution in [2.75, 3.05) is 11.5 Å². The molecule has 0 N–H and O–H groups in total. The van der Waals surface area contributed by atoms with E-state index in [2.05, 4.69) is 5.10 Å². The number of para-hydroxylation sites is 2. The first-order valence-electron chi connectivity index (χ1n) is 7.63. The molecular formula is C18H13FIN3O2. The van der Waals surface area contributed by atoms with E-state index in [0.29, 0.717) is 17.0 Å². The number of amides is 1. The van der Waals surface area contributed by atoms with E-state index in [0.717, 1.165) is 11.1 Å². The number of benzene rings is 2. The smallest absolute Gasteiger partial charge is 0.265 e. The molecule has 0 spiro atoms. The Labute approximate surface area is 157 Å². The van der Waals surface area contributed by atoms with Crippen LogP contribution >= 0.6 is 22.9 Å². The van der Waals surface area contributed by atoms with Gasteiger partial charge in [-0.1, -0.05) is 24.3 Å². The van der Waals surface area contributed by atoms with Crippen LogP contribution in [0.25, 0.3) is 11.1 Å². The molecule has 3 aromatic rings. The Morgan fingerprint density at radius 1 is 1.20 bits per heavy atom. The SMILES string of the molecule is O=C1COc2ccccc2N1Cc1ccc(-c2cnn(I)c2)cc1F. The number of halogens is 2. The lowest BCUT2D eigenvalue weighted by atomic mass is 10.1. The number of anilines is 1. The van der Waals surface area contributed by atoms with E-state index < -0.39 is 0 Å². The molecule has 5 nitrogen and oxygen atoms in total. The highest BCUT2D eigenvalue weighted by Crippen LogP contribution is 2.33. The van der Waals surface area contributed by atoms with Crippen LogP contribution in [0.4, 0.5) is 10.1 Å². The molecule has 7 heteroatoms. The number of fused-ring (bicyclic) bond motifs is 1. The minimum Gasteiger partial charge on any atom is -0.482 e. The number of carbonyl (C=O) groups is 1. The summed E-state index contributed by atoms with van der Waals surface area (Å²) in [7, 11) is 0. The van der Waals surface area contributed by atoms with Crippen molar-refractivity contribution in [1.29, 1.82) is 0 Å². The summed E-state index contributed by atoms with van der Waals surface area (Å²) < 4.78 is 21.7. The van der Waals surface area contributed by atoms with Crippen molar-refractivity contribution < 1.29 is 13.9 Å². The summed E-state index contributed by atoms with van der Waals surface area (Å²) in [6.07, 6.45) is 3.50. The highest BCUT2D eigenvalue weighted by atomic mass is 127. The molecule has 0 radical (unpaired) electrons. The second-order valence-electron chi connectivity index (χ2n) is 5.66. The topological polar surface area (TPSA) is 47.4 Å². The van der Waals surface area contributed by atoms with Gasteiger partial charge in [0.2, 0.25) is 0 Å². The summed E-state index contributed by atoms with van der Waals surface area (Å²) in [5.41, 5.74) is 2.70. The Hall–Kier alpha value is -2.42. The number of carbonyl (C=O) groups excluding carboxylic acids is 1. The van der Waals surface area contributed by atoms with Gasteiger partial charge in [-0.05, 0) is 23.8 Å². The normalized spacial score (nSPS) is 13.5. The zero-order valence-electron chi connectivity index (χ0n) is 13.0. The molecule has 0 atom stereocenters. The molecule has 0 unspecified atom stereocenters. The Kier molecular flexibility index (Phi) is 4.16. The zero-order chi connectivity index (χ0) is 17.4. The summed E-state index contributed by atoms with van der Waals surface area (Å²) in [4.78, 5) is 13.8. The lowest BCUT2D eigenvalue weighted by Gasteiger charge is -2.29. The highest BCUT2D eigenvalue weighted by molar-refractivity contribution is 14.1. The lowest BCUT2D eigenvalue weighted by molar-refractivity contribution is -0.121. The fourth-order valence-electron chi connectivity index (χ4n) is 2.80. The Morgan fingerprint density at radius 2 is 2.04 bits per heavy atom. The van der Waals surface area contributed by atoms with Gasteiger partial charge in [0.1, 0.15) is 11.6 Å². The van der Waals surface area contributed by atoms with Crippen molar-refractivity contribution >= 4 is 34.5 Å². The van der Waals surface area contributed by atoms with Crippen LogP contribution in [-0.2, 0) is 11.3 Å². The number of nitrogens with zero attached hydrogens (tertiary/aromatic N) is 3. The summed E-state index contributed by atoms with van der Waals surface area (Å²) >= 11 is 2.04. The Bertz CT molecular complexity index is 957. The average molecular weight is 449 g/mol. The van der Waals surface area contributed by atoms with Gasteiger partial charge in [0.05, 0.1) is 41.3 Å². The quantitative estimate of drug-likeness (QED) is 0.572. The third-order valence-corrected chi connectivity index (χ3v) is 4.60. The van der Waals surface area contributed by atoms with Crippen LogP contribution in [0.2, 0.25) is 0 Å². The van der Waals surface area contributed by atoms with Gasteiger partial charge in [0.15, 0.2) is 6.61 Å². The molecule has 0 aliphatic carbocycles. The van der Waals surface area contributed by atoms with E-state index >= 15 is 0 Å². The maximum atomic E-state index is 14.6. The van der Waals surface area contributed by atoms with Crippen molar-refractivity contribution in [3.05, 3.63) is 66.2 Å². The van der Waals surface area contributed by atoms with Gasteiger partial charge < -0.3 is 9.64 Å². The van der Waals surface area contributed by atoms with Gasteiger partial charge in [-0.3, -0.25) is 4.79 Å². The zero-order valence-corrected chi connectivity index (χ0v) is 15.2. The number of hydrogen-bond donors (Lipinski definition) is 0. The highest BCUT2D eigenvalue weighted by Gasteiger charge is 2.26. The molecule has 4 rings (SSSR count). The summed E-state index contributed by atoms with van der Waals surface area (Å²) in [6.45, 7) is 0.127. The second kappa shape index (κ2) is 6.47. The molecule has 25 heavy (non-hydrogen) atoms. The molecule has 2 aromatic carbocycles. The van der Waals surface area contributed by atoms with Gasteiger partial charge in [-0.2, -0.15) is 5.10 Å². The number of hydrogen-bond acceptors (Lipinski definition) is 3. The first kappa shape index (κ1) is 16.1. The van der Waals surface area contributed by atoms with Crippen LogP contribution in [-0.4, -0.2) is 20.5 Å². The molecular weight excluding hydrogens is 436 g/mol. The molecule has 2 heterocycles. The lowest BCUT2D eigenvalue weighted by Crippen LogP contribution is -2.38. The van der Waals surface area contributed by atoms with Crippen molar-refractivity contribution in [3.63, 3.8) is 0 Å². The molecule has 0 fully saturated rings. The standard InChI is InChI=1S/C18H13FIN3O2/c19-15-7-12(14-8-21-23(20)10-14)5-6-13(15)9-22-16-3-1-2-4-17(16)25-11-18(22)24/h1-8,10H,9,11H2. The largest absolute Gasteiger partial charge is 0.482 e. The van der Waals surface area contributed by atoms with E-state index in [1.807, 2.05) is 47.3 Å². The van der Waals surface area contributed by atoms with Gasteiger partial charge in [-0.15, -0.1) is 0 Å².